The standard InChI is InChI=1S/C20H18ClN5O3S2/c1-4-17(21)30-11(2)31-26-20(28)23-12-5-8-15(22-10-12)18-19(27)14-7-6-13(29-3)9-16(14)24-25-18/h4-10H,2H2,1,3H3,(H,24,27)(H2,23,26,28)/b17-4-. The van der Waals surface area contributed by atoms with Gasteiger partial charge in [-0.05, 0) is 43.1 Å². The first-order chi connectivity index (χ1) is 14.9. The molecule has 3 aromatic rings. The van der Waals surface area contributed by atoms with Gasteiger partial charge in [0.15, 0.2) is 5.69 Å². The molecule has 0 bridgehead atoms. The summed E-state index contributed by atoms with van der Waals surface area (Å²) in [6.45, 7) is 5.61. The lowest BCUT2D eigenvalue weighted by Crippen LogP contribution is -2.22. The van der Waals surface area contributed by atoms with Gasteiger partial charge in [0, 0.05) is 11.5 Å². The van der Waals surface area contributed by atoms with Crippen molar-refractivity contribution in [2.24, 2.45) is 0 Å². The van der Waals surface area contributed by atoms with E-state index >= 15 is 0 Å². The number of aromatic amines is 1. The van der Waals surface area contributed by atoms with Crippen LogP contribution in [0.5, 0.6) is 5.75 Å². The van der Waals surface area contributed by atoms with Gasteiger partial charge < -0.3 is 10.1 Å². The van der Waals surface area contributed by atoms with E-state index in [0.717, 1.165) is 11.9 Å². The highest BCUT2D eigenvalue weighted by Gasteiger charge is 2.12. The lowest BCUT2D eigenvalue weighted by molar-refractivity contribution is 0.257. The molecule has 2 aromatic heterocycles. The van der Waals surface area contributed by atoms with Crippen LogP contribution in [0.3, 0.4) is 0 Å². The van der Waals surface area contributed by atoms with E-state index in [1.807, 2.05) is 6.92 Å². The van der Waals surface area contributed by atoms with E-state index in [1.165, 1.54) is 18.0 Å². The lowest BCUT2D eigenvalue weighted by Gasteiger charge is -2.08. The molecule has 31 heavy (non-hydrogen) atoms. The number of hydrogen-bond acceptors (Lipinski definition) is 7. The third kappa shape index (κ3) is 5.81. The second kappa shape index (κ2) is 10.4. The first-order valence-corrected chi connectivity index (χ1v) is 10.9. The van der Waals surface area contributed by atoms with Gasteiger partial charge in [-0.2, -0.15) is 5.10 Å². The van der Waals surface area contributed by atoms with Gasteiger partial charge in [0.2, 0.25) is 5.43 Å². The predicted octanol–water partition coefficient (Wildman–Crippen LogP) is 5.07. The third-order valence-electron chi connectivity index (χ3n) is 3.93. The Kier molecular flexibility index (Phi) is 7.61. The van der Waals surface area contributed by atoms with Gasteiger partial charge >= 0.3 is 6.03 Å². The van der Waals surface area contributed by atoms with Crippen LogP contribution >= 0.6 is 35.3 Å². The Labute approximate surface area is 191 Å². The van der Waals surface area contributed by atoms with Crippen LogP contribution in [0.2, 0.25) is 0 Å². The maximum Gasteiger partial charge on any atom is 0.329 e. The molecule has 0 aliphatic rings. The Balaban J connectivity index is 1.67. The number of nitrogens with zero attached hydrogens (tertiary/aromatic N) is 2. The number of rotatable bonds is 7. The smallest absolute Gasteiger partial charge is 0.329 e. The van der Waals surface area contributed by atoms with E-state index in [-0.39, 0.29) is 11.1 Å². The molecule has 2 heterocycles. The van der Waals surface area contributed by atoms with Gasteiger partial charge in [0.05, 0.1) is 38.8 Å². The molecular weight excluding hydrogens is 458 g/mol. The Morgan fingerprint density at radius 3 is 2.81 bits per heavy atom. The summed E-state index contributed by atoms with van der Waals surface area (Å²) in [4.78, 5) is 29.0. The molecule has 1 aromatic carbocycles. The zero-order chi connectivity index (χ0) is 22.4. The van der Waals surface area contributed by atoms with Crippen LogP contribution in [0.15, 0.2) is 62.6 Å². The molecule has 0 radical (unpaired) electrons. The molecule has 3 N–H and O–H groups in total. The number of H-pyrrole nitrogens is 1. The van der Waals surface area contributed by atoms with E-state index in [2.05, 4.69) is 31.8 Å². The molecule has 160 valence electrons. The summed E-state index contributed by atoms with van der Waals surface area (Å²) in [5, 5.41) is 10.1. The van der Waals surface area contributed by atoms with Crippen LogP contribution in [0.1, 0.15) is 6.92 Å². The molecule has 3 rings (SSSR count). The van der Waals surface area contributed by atoms with E-state index in [1.54, 1.807) is 43.5 Å². The molecule has 0 fully saturated rings. The van der Waals surface area contributed by atoms with E-state index in [9.17, 15) is 9.59 Å². The number of carbonyl (C=O) groups is 1. The summed E-state index contributed by atoms with van der Waals surface area (Å²) < 4.78 is 8.94. The molecule has 0 spiro atoms. The number of hydrogen-bond donors (Lipinski definition) is 3. The number of thioether (sulfide) groups is 1. The fourth-order valence-corrected chi connectivity index (χ4v) is 4.04. The molecule has 0 saturated carbocycles. The number of pyridine rings is 1. The Bertz CT molecular complexity index is 1210. The number of benzene rings is 1. The van der Waals surface area contributed by atoms with Gasteiger partial charge in [-0.25, -0.2) is 4.79 Å². The van der Waals surface area contributed by atoms with Crippen LogP contribution in [0, 0.1) is 0 Å². The summed E-state index contributed by atoms with van der Waals surface area (Å²) >= 11 is 8.20. The Hall–Kier alpha value is -2.95. The molecule has 11 heteroatoms. The van der Waals surface area contributed by atoms with Crippen molar-refractivity contribution in [1.82, 2.24) is 19.9 Å². The van der Waals surface area contributed by atoms with E-state index in [4.69, 9.17) is 16.3 Å². The van der Waals surface area contributed by atoms with E-state index in [0.29, 0.717) is 36.6 Å². The summed E-state index contributed by atoms with van der Waals surface area (Å²) in [6, 6.07) is 7.87. The molecule has 2 amide bonds. The maximum atomic E-state index is 12.8. The van der Waals surface area contributed by atoms with Gasteiger partial charge in [-0.3, -0.25) is 19.6 Å². The fraction of sp³-hybridized carbons (Fsp3) is 0.100. The highest BCUT2D eigenvalue weighted by Crippen LogP contribution is 2.33. The molecule has 0 saturated heterocycles. The molecule has 0 unspecified atom stereocenters. The van der Waals surface area contributed by atoms with Crippen LogP contribution in [0.25, 0.3) is 22.3 Å². The number of methoxy groups -OCH3 is 1. The van der Waals surface area contributed by atoms with Gasteiger partial charge in [0.25, 0.3) is 0 Å². The van der Waals surface area contributed by atoms with Crippen molar-refractivity contribution in [2.45, 2.75) is 6.92 Å². The Morgan fingerprint density at radius 1 is 1.32 bits per heavy atom. The number of anilines is 1. The van der Waals surface area contributed by atoms with Crippen molar-refractivity contribution in [1.29, 1.82) is 0 Å². The fourth-order valence-electron chi connectivity index (χ4n) is 2.47. The number of aromatic nitrogens is 3. The number of urea groups is 1. The SMILES string of the molecule is C=C(SNC(=O)Nc1ccc(-c2n[nH]c3cc(OC)ccc3c2=O)nc1)S/C(Cl)=C\C. The summed E-state index contributed by atoms with van der Waals surface area (Å²) in [5.41, 5.74) is 1.32. The van der Waals surface area contributed by atoms with Crippen molar-refractivity contribution in [3.63, 3.8) is 0 Å². The zero-order valence-electron chi connectivity index (χ0n) is 16.6. The Morgan fingerprint density at radius 2 is 2.13 bits per heavy atom. The van der Waals surface area contributed by atoms with Crippen molar-refractivity contribution >= 4 is 57.9 Å². The highest BCUT2D eigenvalue weighted by atomic mass is 35.5. The monoisotopic (exact) mass is 475 g/mol. The number of fused-ring (bicyclic) bond motifs is 1. The van der Waals surface area contributed by atoms with Crippen LogP contribution in [-0.4, -0.2) is 28.3 Å². The summed E-state index contributed by atoms with van der Waals surface area (Å²) in [5.74, 6) is 0.620. The minimum absolute atomic E-state index is 0.179. The first kappa shape index (κ1) is 22.7. The van der Waals surface area contributed by atoms with Crippen molar-refractivity contribution in [2.75, 3.05) is 12.4 Å². The minimum atomic E-state index is -0.450. The van der Waals surface area contributed by atoms with Crippen molar-refractivity contribution < 1.29 is 9.53 Å². The number of amides is 2. The van der Waals surface area contributed by atoms with Crippen molar-refractivity contribution in [3.8, 4) is 17.1 Å². The third-order valence-corrected chi connectivity index (χ3v) is 6.06. The normalized spacial score (nSPS) is 11.3. The van der Waals surface area contributed by atoms with Crippen LogP contribution in [-0.2, 0) is 0 Å². The summed E-state index contributed by atoms with van der Waals surface area (Å²) in [7, 11) is 1.55. The predicted molar refractivity (Wildman–Crippen MR) is 128 cm³/mol. The highest BCUT2D eigenvalue weighted by molar-refractivity contribution is 8.24. The average molecular weight is 476 g/mol. The number of halogens is 1. The van der Waals surface area contributed by atoms with Gasteiger partial charge in [-0.1, -0.05) is 36.0 Å². The topological polar surface area (TPSA) is 109 Å². The molecule has 0 aliphatic carbocycles. The molecule has 0 atom stereocenters. The van der Waals surface area contributed by atoms with E-state index < -0.39 is 6.03 Å². The van der Waals surface area contributed by atoms with Crippen LogP contribution in [0.4, 0.5) is 10.5 Å². The number of ether oxygens (including phenoxy) is 1. The maximum absolute atomic E-state index is 12.8. The second-order valence-corrected chi connectivity index (χ2v) is 8.90. The minimum Gasteiger partial charge on any atom is -0.497 e. The quantitative estimate of drug-likeness (QED) is 0.409. The molecule has 0 aliphatic heterocycles. The average Bonchev–Trinajstić information content (AvgIpc) is 2.78. The number of allylic oxidation sites excluding steroid dienone is 1. The van der Waals surface area contributed by atoms with Crippen molar-refractivity contribution in [3.05, 3.63) is 68.0 Å². The first-order valence-electron chi connectivity index (χ1n) is 8.86. The molecular formula is C20H18ClN5O3S2. The molecule has 8 nitrogen and oxygen atoms in total. The lowest BCUT2D eigenvalue weighted by atomic mass is 10.1. The van der Waals surface area contributed by atoms with Gasteiger partial charge in [0.1, 0.15) is 5.75 Å². The van der Waals surface area contributed by atoms with Gasteiger partial charge in [-0.15, -0.1) is 0 Å². The van der Waals surface area contributed by atoms with Crippen LogP contribution < -0.4 is 20.2 Å². The summed E-state index contributed by atoms with van der Waals surface area (Å²) in [6.07, 6.45) is 3.18. The number of nitrogens with one attached hydrogen (secondary N) is 3. The zero-order valence-corrected chi connectivity index (χ0v) is 19.0. The largest absolute Gasteiger partial charge is 0.497 e. The second-order valence-electron chi connectivity index (χ2n) is 5.97. The number of carbonyl (C=O) groups excluding carboxylic acids is 1.